The zero-order valence-electron chi connectivity index (χ0n) is 14.0. The fraction of sp³-hybridized carbons (Fsp3) is 0.312. The molecule has 0 bridgehead atoms. The van der Waals surface area contributed by atoms with Gasteiger partial charge in [0.1, 0.15) is 0 Å². The molecule has 0 radical (unpaired) electrons. The minimum absolute atomic E-state index is 0.302. The molecule has 0 fully saturated rings. The van der Waals surface area contributed by atoms with Crippen molar-refractivity contribution in [3.63, 3.8) is 0 Å². The molecule has 1 heterocycles. The van der Waals surface area contributed by atoms with Gasteiger partial charge in [0.15, 0.2) is 5.96 Å². The first-order chi connectivity index (χ1) is 11.4. The molecule has 0 unspecified atom stereocenters. The highest BCUT2D eigenvalue weighted by atomic mass is 32.2. The third-order valence-corrected chi connectivity index (χ3v) is 6.09. The maximum Gasteiger partial charge on any atom is 0.242 e. The van der Waals surface area contributed by atoms with Gasteiger partial charge in [-0.05, 0) is 34.0 Å². The van der Waals surface area contributed by atoms with Gasteiger partial charge in [-0.3, -0.25) is 4.99 Å². The Morgan fingerprint density at radius 1 is 1.17 bits per heavy atom. The minimum atomic E-state index is -3.48. The molecule has 0 aliphatic heterocycles. The van der Waals surface area contributed by atoms with Crippen LogP contribution >= 0.6 is 11.3 Å². The van der Waals surface area contributed by atoms with Crippen LogP contribution in [-0.4, -0.2) is 39.8 Å². The first-order valence-corrected chi connectivity index (χ1v) is 9.79. The lowest BCUT2D eigenvalue weighted by Gasteiger charge is -2.16. The average molecular weight is 367 g/mol. The van der Waals surface area contributed by atoms with E-state index < -0.39 is 10.0 Å². The highest BCUT2D eigenvalue weighted by Crippen LogP contribution is 2.18. The highest BCUT2D eigenvalue weighted by molar-refractivity contribution is 7.89. The zero-order chi connectivity index (χ0) is 17.6. The molecule has 130 valence electrons. The molecule has 0 spiro atoms. The Morgan fingerprint density at radius 2 is 1.88 bits per heavy atom. The van der Waals surface area contributed by atoms with Crippen molar-refractivity contribution in [3.05, 3.63) is 52.2 Å². The van der Waals surface area contributed by atoms with Crippen LogP contribution in [-0.2, 0) is 23.1 Å². The van der Waals surface area contributed by atoms with Crippen LogP contribution in [0.5, 0.6) is 0 Å². The van der Waals surface area contributed by atoms with Crippen LogP contribution in [0.15, 0.2) is 51.0 Å². The van der Waals surface area contributed by atoms with Crippen molar-refractivity contribution < 1.29 is 8.42 Å². The van der Waals surface area contributed by atoms with Crippen LogP contribution < -0.4 is 10.6 Å². The lowest BCUT2D eigenvalue weighted by atomic mass is 10.2. The Bertz CT molecular complexity index is 784. The van der Waals surface area contributed by atoms with Gasteiger partial charge >= 0.3 is 0 Å². The number of sulfonamides is 1. The molecule has 24 heavy (non-hydrogen) atoms. The van der Waals surface area contributed by atoms with Gasteiger partial charge in [0, 0.05) is 34.2 Å². The molecular weight excluding hydrogens is 344 g/mol. The fourth-order valence-electron chi connectivity index (χ4n) is 2.08. The molecule has 2 aromatic rings. The summed E-state index contributed by atoms with van der Waals surface area (Å²) in [5, 5.41) is 10.5. The Hall–Kier alpha value is -1.90. The monoisotopic (exact) mass is 366 g/mol. The van der Waals surface area contributed by atoms with E-state index in [1.54, 1.807) is 36.6 Å². The zero-order valence-corrected chi connectivity index (χ0v) is 15.6. The third kappa shape index (κ3) is 4.56. The molecule has 0 aliphatic rings. The topological polar surface area (TPSA) is 73.8 Å². The van der Waals surface area contributed by atoms with E-state index in [1.165, 1.54) is 24.0 Å². The maximum absolute atomic E-state index is 12.4. The number of benzene rings is 1. The smallest absolute Gasteiger partial charge is 0.242 e. The van der Waals surface area contributed by atoms with Crippen molar-refractivity contribution in [2.24, 2.45) is 4.99 Å². The van der Waals surface area contributed by atoms with Gasteiger partial charge in [-0.2, -0.15) is 11.3 Å². The Labute approximate surface area is 147 Å². The molecular formula is C16H22N4O2S2. The van der Waals surface area contributed by atoms with Gasteiger partial charge in [-0.1, -0.05) is 18.2 Å². The highest BCUT2D eigenvalue weighted by Gasteiger charge is 2.20. The molecule has 2 rings (SSSR count). The number of thiophene rings is 1. The second kappa shape index (κ2) is 8.27. The summed E-state index contributed by atoms with van der Waals surface area (Å²) in [5.41, 5.74) is 1.88. The van der Waals surface area contributed by atoms with Gasteiger partial charge in [-0.15, -0.1) is 0 Å². The number of guanidine groups is 1. The van der Waals surface area contributed by atoms with Crippen LogP contribution in [0.4, 0.5) is 0 Å². The maximum atomic E-state index is 12.4. The molecule has 0 saturated carbocycles. The summed E-state index contributed by atoms with van der Waals surface area (Å²) in [4.78, 5) is 4.47. The quantitative estimate of drug-likeness (QED) is 0.605. The SMILES string of the molecule is CN=C(NCc1ccsc1)NCc1ccccc1S(=O)(=O)N(C)C. The number of hydrogen-bond acceptors (Lipinski definition) is 4. The van der Waals surface area contributed by atoms with E-state index in [4.69, 9.17) is 0 Å². The fourth-order valence-corrected chi connectivity index (χ4v) is 3.86. The van der Waals surface area contributed by atoms with Crippen LogP contribution in [0.1, 0.15) is 11.1 Å². The van der Waals surface area contributed by atoms with Crippen molar-refractivity contribution >= 4 is 27.3 Å². The van der Waals surface area contributed by atoms with Crippen LogP contribution in [0.2, 0.25) is 0 Å². The van der Waals surface area contributed by atoms with E-state index in [-0.39, 0.29) is 0 Å². The number of rotatable bonds is 6. The summed E-state index contributed by atoms with van der Waals surface area (Å²) in [6, 6.07) is 9.02. The lowest BCUT2D eigenvalue weighted by Crippen LogP contribution is -2.36. The van der Waals surface area contributed by atoms with E-state index in [0.29, 0.717) is 29.5 Å². The minimum Gasteiger partial charge on any atom is -0.352 e. The van der Waals surface area contributed by atoms with Gasteiger partial charge in [0.2, 0.25) is 10.0 Å². The van der Waals surface area contributed by atoms with Gasteiger partial charge in [-0.25, -0.2) is 12.7 Å². The number of hydrogen-bond donors (Lipinski definition) is 2. The summed E-state index contributed by atoms with van der Waals surface area (Å²) >= 11 is 1.64. The number of nitrogens with one attached hydrogen (secondary N) is 2. The Morgan fingerprint density at radius 3 is 2.50 bits per heavy atom. The summed E-state index contributed by atoms with van der Waals surface area (Å²) in [6.45, 7) is 1.04. The number of nitrogens with zero attached hydrogens (tertiary/aromatic N) is 2. The molecule has 0 saturated heterocycles. The number of aliphatic imine (C=N–C) groups is 1. The molecule has 6 nitrogen and oxygen atoms in total. The van der Waals surface area contributed by atoms with Crippen LogP contribution in [0.3, 0.4) is 0 Å². The third-order valence-electron chi connectivity index (χ3n) is 3.44. The van der Waals surface area contributed by atoms with E-state index in [0.717, 1.165) is 0 Å². The summed E-state index contributed by atoms with van der Waals surface area (Å²) in [7, 11) is 1.27. The molecule has 8 heteroatoms. The summed E-state index contributed by atoms with van der Waals surface area (Å²) in [5.74, 6) is 0.623. The van der Waals surface area contributed by atoms with Gasteiger partial charge in [0.25, 0.3) is 0 Å². The van der Waals surface area contributed by atoms with Crippen molar-refractivity contribution in [2.75, 3.05) is 21.1 Å². The van der Waals surface area contributed by atoms with Crippen molar-refractivity contribution in [2.45, 2.75) is 18.0 Å². The molecule has 1 aromatic carbocycles. The van der Waals surface area contributed by atoms with Crippen molar-refractivity contribution in [1.82, 2.24) is 14.9 Å². The standard InChI is InChI=1S/C16H22N4O2S2/c1-17-16(18-10-13-8-9-23-12-13)19-11-14-6-4-5-7-15(14)24(21,22)20(2)3/h4-9,12H,10-11H2,1-3H3,(H2,17,18,19). The first-order valence-electron chi connectivity index (χ1n) is 7.41. The molecule has 0 aliphatic carbocycles. The van der Waals surface area contributed by atoms with E-state index in [2.05, 4.69) is 21.0 Å². The largest absolute Gasteiger partial charge is 0.352 e. The van der Waals surface area contributed by atoms with E-state index in [1.807, 2.05) is 17.5 Å². The Balaban J connectivity index is 2.06. The van der Waals surface area contributed by atoms with Crippen LogP contribution in [0.25, 0.3) is 0 Å². The average Bonchev–Trinajstić information content (AvgIpc) is 3.08. The van der Waals surface area contributed by atoms with Gasteiger partial charge in [0.05, 0.1) is 4.90 Å². The molecule has 0 amide bonds. The Kier molecular flexibility index (Phi) is 6.36. The lowest BCUT2D eigenvalue weighted by molar-refractivity contribution is 0.519. The summed E-state index contributed by atoms with van der Waals surface area (Å²) in [6.07, 6.45) is 0. The summed E-state index contributed by atoms with van der Waals surface area (Å²) < 4.78 is 26.0. The van der Waals surface area contributed by atoms with Crippen molar-refractivity contribution in [1.29, 1.82) is 0 Å². The molecule has 2 N–H and O–H groups in total. The second-order valence-corrected chi connectivity index (χ2v) is 8.21. The van der Waals surface area contributed by atoms with Crippen molar-refractivity contribution in [3.8, 4) is 0 Å². The normalized spacial score (nSPS) is 12.4. The van der Waals surface area contributed by atoms with E-state index in [9.17, 15) is 8.42 Å². The van der Waals surface area contributed by atoms with Gasteiger partial charge < -0.3 is 10.6 Å². The first kappa shape index (κ1) is 18.4. The molecule has 0 atom stereocenters. The predicted octanol–water partition coefficient (Wildman–Crippen LogP) is 1.86. The molecule has 1 aromatic heterocycles. The predicted molar refractivity (Wildman–Crippen MR) is 98.7 cm³/mol. The van der Waals surface area contributed by atoms with E-state index >= 15 is 0 Å². The van der Waals surface area contributed by atoms with Crippen LogP contribution in [0, 0.1) is 0 Å². The second-order valence-electron chi connectivity index (χ2n) is 5.31.